The largest absolute Gasteiger partial charge is 0.452 e. The minimum atomic E-state index is -0.475. The van der Waals surface area contributed by atoms with Gasteiger partial charge in [0.05, 0.1) is 17.1 Å². The Kier molecular flexibility index (Phi) is 6.00. The second-order valence-corrected chi connectivity index (χ2v) is 7.99. The Morgan fingerprint density at radius 3 is 2.77 bits per heavy atom. The van der Waals surface area contributed by atoms with Gasteiger partial charge in [0, 0.05) is 16.1 Å². The molecule has 0 bridgehead atoms. The van der Waals surface area contributed by atoms with E-state index in [0.29, 0.717) is 10.6 Å². The number of fused-ring (bicyclic) bond motifs is 2. The molecule has 1 aromatic heterocycles. The maximum atomic E-state index is 13.0. The first-order valence-electron chi connectivity index (χ1n) is 10.2. The van der Waals surface area contributed by atoms with E-state index < -0.39 is 5.97 Å². The van der Waals surface area contributed by atoms with Gasteiger partial charge in [-0.3, -0.25) is 9.78 Å². The Morgan fingerprint density at radius 2 is 1.93 bits per heavy atom. The Balaban J connectivity index is 1.49. The number of amides is 1. The van der Waals surface area contributed by atoms with E-state index in [2.05, 4.69) is 5.32 Å². The van der Waals surface area contributed by atoms with Gasteiger partial charge in [-0.1, -0.05) is 41.9 Å². The first-order chi connectivity index (χ1) is 14.5. The van der Waals surface area contributed by atoms with Crippen LogP contribution in [0.1, 0.15) is 53.0 Å². The Bertz CT molecular complexity index is 1110. The van der Waals surface area contributed by atoms with Gasteiger partial charge in [-0.25, -0.2) is 4.79 Å². The predicted molar refractivity (Wildman–Crippen MR) is 117 cm³/mol. The van der Waals surface area contributed by atoms with Crippen molar-refractivity contribution in [1.29, 1.82) is 0 Å². The summed E-state index contributed by atoms with van der Waals surface area (Å²) in [6.45, 7) is 1.52. The molecule has 0 radical (unpaired) electrons. The third-order valence-electron chi connectivity index (χ3n) is 5.43. The molecule has 0 unspecified atom stereocenters. The molecular formula is C24H23ClN2O3. The number of nitrogens with zero attached hydrogens (tertiary/aromatic N) is 1. The number of carbonyl (C=O) groups excluding carboxylic acids is 2. The lowest BCUT2D eigenvalue weighted by molar-refractivity contribution is -0.124. The van der Waals surface area contributed by atoms with Gasteiger partial charge in [0.25, 0.3) is 5.91 Å². The summed E-state index contributed by atoms with van der Waals surface area (Å²) < 4.78 is 5.42. The highest BCUT2D eigenvalue weighted by Crippen LogP contribution is 2.29. The average Bonchev–Trinajstić information content (AvgIpc) is 2.75. The van der Waals surface area contributed by atoms with Crippen LogP contribution in [-0.2, 0) is 22.4 Å². The number of benzene rings is 2. The van der Waals surface area contributed by atoms with Crippen LogP contribution in [0.2, 0.25) is 5.02 Å². The molecule has 6 heteroatoms. The van der Waals surface area contributed by atoms with Crippen LogP contribution in [0.3, 0.4) is 0 Å². The van der Waals surface area contributed by atoms with E-state index in [4.69, 9.17) is 21.3 Å². The number of aromatic nitrogens is 1. The minimum absolute atomic E-state index is 0.246. The zero-order valence-corrected chi connectivity index (χ0v) is 17.5. The highest BCUT2D eigenvalue weighted by molar-refractivity contribution is 6.30. The lowest BCUT2D eigenvalue weighted by atomic mass is 9.90. The van der Waals surface area contributed by atoms with Crippen LogP contribution in [0.4, 0.5) is 0 Å². The molecule has 2 aromatic carbocycles. The van der Waals surface area contributed by atoms with Crippen molar-refractivity contribution in [2.75, 3.05) is 6.61 Å². The Morgan fingerprint density at radius 1 is 1.13 bits per heavy atom. The van der Waals surface area contributed by atoms with Gasteiger partial charge in [-0.15, -0.1) is 0 Å². The summed E-state index contributed by atoms with van der Waals surface area (Å²) in [5.41, 5.74) is 4.13. The van der Waals surface area contributed by atoms with E-state index in [-0.39, 0.29) is 18.6 Å². The molecule has 1 N–H and O–H groups in total. The van der Waals surface area contributed by atoms with Crippen LogP contribution in [0.5, 0.6) is 0 Å². The number of rotatable bonds is 5. The van der Waals surface area contributed by atoms with Gasteiger partial charge in [0.1, 0.15) is 0 Å². The molecule has 0 spiro atoms. The molecule has 0 saturated heterocycles. The van der Waals surface area contributed by atoms with Crippen molar-refractivity contribution >= 4 is 34.4 Å². The lowest BCUT2D eigenvalue weighted by Crippen LogP contribution is -2.31. The van der Waals surface area contributed by atoms with Gasteiger partial charge >= 0.3 is 5.97 Å². The molecule has 1 aliphatic carbocycles. The zero-order chi connectivity index (χ0) is 21.1. The molecule has 1 aliphatic rings. The van der Waals surface area contributed by atoms with E-state index in [9.17, 15) is 9.59 Å². The van der Waals surface area contributed by atoms with Crippen molar-refractivity contribution in [3.8, 4) is 0 Å². The van der Waals surface area contributed by atoms with E-state index in [1.807, 2.05) is 43.3 Å². The van der Waals surface area contributed by atoms with Crippen molar-refractivity contribution in [1.82, 2.24) is 10.3 Å². The first-order valence-corrected chi connectivity index (χ1v) is 10.5. The standard InChI is InChI=1S/C24H23ClN2O3/c1-15(16-7-6-8-17(25)13-16)26-22(28)14-30-24(29)23-18-9-2-4-11-20(18)27-21-12-5-3-10-19(21)23/h2,4,6-9,11,13,15H,3,5,10,12,14H2,1H3,(H,26,28)/t15-/m1/s1. The fourth-order valence-corrected chi connectivity index (χ4v) is 4.15. The van der Waals surface area contributed by atoms with E-state index in [1.165, 1.54) is 0 Å². The van der Waals surface area contributed by atoms with Gasteiger partial charge in [-0.2, -0.15) is 0 Å². The van der Waals surface area contributed by atoms with Crippen molar-refractivity contribution in [3.63, 3.8) is 0 Å². The Hall–Kier alpha value is -2.92. The summed E-state index contributed by atoms with van der Waals surface area (Å²) in [6.07, 6.45) is 3.75. The average molecular weight is 423 g/mol. The molecular weight excluding hydrogens is 400 g/mol. The number of nitrogens with one attached hydrogen (secondary N) is 1. The number of aryl methyl sites for hydroxylation is 1. The molecule has 4 rings (SSSR count). The maximum absolute atomic E-state index is 13.0. The second-order valence-electron chi connectivity index (χ2n) is 7.56. The number of hydrogen-bond acceptors (Lipinski definition) is 4. The summed E-state index contributed by atoms with van der Waals surface area (Å²) in [7, 11) is 0. The fourth-order valence-electron chi connectivity index (χ4n) is 3.95. The Labute approximate surface area is 180 Å². The lowest BCUT2D eigenvalue weighted by Gasteiger charge is -2.20. The maximum Gasteiger partial charge on any atom is 0.339 e. The first kappa shape index (κ1) is 20.4. The number of esters is 1. The number of hydrogen-bond donors (Lipinski definition) is 1. The zero-order valence-electron chi connectivity index (χ0n) is 16.8. The molecule has 1 heterocycles. The van der Waals surface area contributed by atoms with Crippen LogP contribution in [-0.4, -0.2) is 23.5 Å². The fraction of sp³-hybridized carbons (Fsp3) is 0.292. The van der Waals surface area contributed by atoms with Crippen LogP contribution in [0, 0.1) is 0 Å². The SMILES string of the molecule is C[C@@H](NC(=O)COC(=O)c1c2c(nc3ccccc13)CCCC2)c1cccc(Cl)c1. The molecule has 1 atom stereocenters. The molecule has 0 saturated carbocycles. The van der Waals surface area contributed by atoms with Gasteiger partial charge < -0.3 is 10.1 Å². The number of halogens is 1. The van der Waals surface area contributed by atoms with Gasteiger partial charge in [0.15, 0.2) is 6.61 Å². The normalized spacial score (nSPS) is 14.1. The molecule has 154 valence electrons. The minimum Gasteiger partial charge on any atom is -0.452 e. The third kappa shape index (κ3) is 4.31. The van der Waals surface area contributed by atoms with Crippen molar-refractivity contribution in [2.45, 2.75) is 38.6 Å². The van der Waals surface area contributed by atoms with Crippen LogP contribution in [0.15, 0.2) is 48.5 Å². The molecule has 3 aromatic rings. The monoisotopic (exact) mass is 422 g/mol. The van der Waals surface area contributed by atoms with E-state index in [0.717, 1.165) is 53.4 Å². The number of pyridine rings is 1. The second kappa shape index (κ2) is 8.84. The molecule has 30 heavy (non-hydrogen) atoms. The molecule has 0 fully saturated rings. The third-order valence-corrected chi connectivity index (χ3v) is 5.67. The van der Waals surface area contributed by atoms with Crippen molar-refractivity contribution in [3.05, 3.63) is 75.9 Å². The van der Waals surface area contributed by atoms with Crippen LogP contribution in [0.25, 0.3) is 10.9 Å². The summed E-state index contributed by atoms with van der Waals surface area (Å²) in [5, 5.41) is 4.22. The molecule has 0 aliphatic heterocycles. The summed E-state index contributed by atoms with van der Waals surface area (Å²) >= 11 is 6.01. The number of ether oxygens (including phenoxy) is 1. The highest BCUT2D eigenvalue weighted by Gasteiger charge is 2.24. The van der Waals surface area contributed by atoms with Crippen molar-refractivity contribution in [2.24, 2.45) is 0 Å². The molecule has 5 nitrogen and oxygen atoms in total. The topological polar surface area (TPSA) is 68.3 Å². The summed E-state index contributed by atoms with van der Waals surface area (Å²) in [4.78, 5) is 30.1. The summed E-state index contributed by atoms with van der Waals surface area (Å²) in [6, 6.07) is 14.6. The number of carbonyl (C=O) groups is 2. The van der Waals surface area contributed by atoms with Gasteiger partial charge in [0.2, 0.25) is 0 Å². The van der Waals surface area contributed by atoms with Gasteiger partial charge in [-0.05, 0) is 61.9 Å². The van der Waals surface area contributed by atoms with E-state index in [1.54, 1.807) is 12.1 Å². The highest BCUT2D eigenvalue weighted by atomic mass is 35.5. The van der Waals surface area contributed by atoms with Crippen LogP contribution >= 0.6 is 11.6 Å². The van der Waals surface area contributed by atoms with E-state index >= 15 is 0 Å². The van der Waals surface area contributed by atoms with Crippen molar-refractivity contribution < 1.29 is 14.3 Å². The summed E-state index contributed by atoms with van der Waals surface area (Å²) in [5.74, 6) is -0.833. The van der Waals surface area contributed by atoms with Crippen LogP contribution < -0.4 is 5.32 Å². The predicted octanol–water partition coefficient (Wildman–Crippen LogP) is 4.80. The quantitative estimate of drug-likeness (QED) is 0.599. The molecule has 1 amide bonds. The number of para-hydroxylation sites is 1. The smallest absolute Gasteiger partial charge is 0.339 e.